The van der Waals surface area contributed by atoms with Gasteiger partial charge in [-0.15, -0.1) is 0 Å². The molecule has 1 saturated carbocycles. The molecule has 0 spiro atoms. The maximum atomic E-state index is 14.3. The van der Waals surface area contributed by atoms with Gasteiger partial charge in [-0.3, -0.25) is 14.4 Å². The number of hydrogen-bond acceptors (Lipinski definition) is 9. The first-order valence-electron chi connectivity index (χ1n) is 14.4. The van der Waals surface area contributed by atoms with Crippen LogP contribution in [0.4, 0.5) is 0 Å². The second kappa shape index (κ2) is 11.2. The molecule has 3 heterocycles. The van der Waals surface area contributed by atoms with E-state index in [0.29, 0.717) is 59.5 Å². The molecule has 12 nitrogen and oxygen atoms in total. The molecule has 230 valence electrons. The number of furan rings is 1. The number of methoxy groups -OCH3 is 2. The summed E-state index contributed by atoms with van der Waals surface area (Å²) < 4.78 is 28.4. The quantitative estimate of drug-likeness (QED) is 0.396. The Morgan fingerprint density at radius 2 is 1.91 bits per heavy atom. The van der Waals surface area contributed by atoms with Gasteiger partial charge in [0, 0.05) is 30.8 Å². The Hall–Kier alpha value is -4.60. The van der Waals surface area contributed by atoms with Crippen LogP contribution in [0.5, 0.6) is 11.5 Å². The molecular weight excluding hydrogens is 568 g/mol. The first-order chi connectivity index (χ1) is 21.1. The van der Waals surface area contributed by atoms with Crippen LogP contribution in [-0.4, -0.2) is 79.9 Å². The molecule has 2 fully saturated rings. The Morgan fingerprint density at radius 3 is 2.57 bits per heavy atom. The summed E-state index contributed by atoms with van der Waals surface area (Å²) in [6.07, 6.45) is 1.03. The van der Waals surface area contributed by atoms with Crippen molar-refractivity contribution in [3.05, 3.63) is 58.8 Å². The predicted octanol–water partition coefficient (Wildman–Crippen LogP) is 2.92. The van der Waals surface area contributed by atoms with Crippen molar-refractivity contribution >= 4 is 28.7 Å². The van der Waals surface area contributed by atoms with E-state index in [4.69, 9.17) is 23.4 Å². The van der Waals surface area contributed by atoms with Gasteiger partial charge < -0.3 is 38.9 Å². The first kappa shape index (κ1) is 29.5. The highest BCUT2D eigenvalue weighted by Gasteiger charge is 2.53. The van der Waals surface area contributed by atoms with E-state index >= 15 is 0 Å². The minimum Gasteiger partial charge on any atom is -0.496 e. The Bertz CT molecular complexity index is 1680. The normalized spacial score (nSPS) is 23.7. The van der Waals surface area contributed by atoms with E-state index in [1.807, 2.05) is 6.92 Å². The van der Waals surface area contributed by atoms with Gasteiger partial charge in [-0.1, -0.05) is 6.07 Å². The molecule has 2 aliphatic heterocycles. The number of amides is 3. The minimum atomic E-state index is -1.43. The monoisotopic (exact) mass is 602 g/mol. The van der Waals surface area contributed by atoms with Crippen molar-refractivity contribution in [3.63, 3.8) is 0 Å². The molecule has 1 unspecified atom stereocenters. The van der Waals surface area contributed by atoms with Gasteiger partial charge in [0.1, 0.15) is 17.9 Å². The highest BCUT2D eigenvalue weighted by Crippen LogP contribution is 2.42. The van der Waals surface area contributed by atoms with E-state index < -0.39 is 22.9 Å². The number of carbonyl (C=O) groups is 3. The molecule has 12 heteroatoms. The van der Waals surface area contributed by atoms with Crippen LogP contribution in [0.3, 0.4) is 0 Å². The highest BCUT2D eigenvalue weighted by atomic mass is 16.5. The molecule has 3 aliphatic rings. The van der Waals surface area contributed by atoms with Crippen molar-refractivity contribution in [2.45, 2.75) is 56.5 Å². The topological polar surface area (TPSA) is 152 Å². The van der Waals surface area contributed by atoms with E-state index in [0.717, 1.165) is 0 Å². The molecule has 1 atom stereocenters. The molecule has 1 saturated heterocycles. The molecule has 1 aliphatic carbocycles. The van der Waals surface area contributed by atoms with E-state index in [1.54, 1.807) is 50.4 Å². The molecule has 0 radical (unpaired) electrons. The van der Waals surface area contributed by atoms with Crippen LogP contribution in [0.15, 0.2) is 40.8 Å². The third-order valence-corrected chi connectivity index (χ3v) is 8.76. The zero-order valence-corrected chi connectivity index (χ0v) is 25.0. The number of nitriles is 1. The Morgan fingerprint density at radius 1 is 1.14 bits per heavy atom. The van der Waals surface area contributed by atoms with E-state index in [-0.39, 0.29) is 42.7 Å². The summed E-state index contributed by atoms with van der Waals surface area (Å²) >= 11 is 0. The zero-order valence-electron chi connectivity index (χ0n) is 25.0. The van der Waals surface area contributed by atoms with Gasteiger partial charge in [0.25, 0.3) is 11.8 Å². The molecule has 3 amide bonds. The number of fused-ring (bicyclic) bond motifs is 3. The minimum absolute atomic E-state index is 0.0111. The third kappa shape index (κ3) is 4.92. The lowest BCUT2D eigenvalue weighted by Gasteiger charge is -2.48. The average Bonchev–Trinajstić information content (AvgIpc) is 3.31. The van der Waals surface area contributed by atoms with E-state index in [9.17, 15) is 19.6 Å². The van der Waals surface area contributed by atoms with Crippen molar-refractivity contribution in [3.8, 4) is 17.6 Å². The van der Waals surface area contributed by atoms with Crippen molar-refractivity contribution < 1.29 is 37.7 Å². The maximum absolute atomic E-state index is 14.3. The molecule has 2 N–H and O–H groups in total. The van der Waals surface area contributed by atoms with Crippen LogP contribution in [0, 0.1) is 11.3 Å². The summed E-state index contributed by atoms with van der Waals surface area (Å²) in [5.74, 6) is -0.579. The van der Waals surface area contributed by atoms with Gasteiger partial charge in [-0.05, 0) is 57.0 Å². The van der Waals surface area contributed by atoms with Crippen LogP contribution in [0.25, 0.3) is 11.0 Å². The lowest BCUT2D eigenvalue weighted by Crippen LogP contribution is -2.66. The van der Waals surface area contributed by atoms with Crippen LogP contribution in [0.1, 0.15) is 58.7 Å². The number of nitrogens with zero attached hydrogens (tertiary/aromatic N) is 2. The molecule has 6 rings (SSSR count). The standard InChI is InChI=1S/C32H34N4O8/c1-31(15-42-16-31)35-28(37)18-8-9-22-25(10-18)44-27-26(22)43-17-32(2,36(29(27)38)20-11-21(12-20)40-3)30(39)34-14-23-19(13-33)6-5-7-24(23)41-4/h5-10,20-21H,11-12,14-17H2,1-4H3,(H,34,39)(H,35,37). The molecule has 44 heavy (non-hydrogen) atoms. The second-order valence-electron chi connectivity index (χ2n) is 12.0. The molecule has 1 aromatic heterocycles. The molecule has 2 aromatic carbocycles. The van der Waals surface area contributed by atoms with Gasteiger partial charge in [-0.2, -0.15) is 5.26 Å². The van der Waals surface area contributed by atoms with Crippen LogP contribution < -0.4 is 20.1 Å². The summed E-state index contributed by atoms with van der Waals surface area (Å²) in [5.41, 5.74) is -0.261. The van der Waals surface area contributed by atoms with Crippen LogP contribution in [-0.2, 0) is 20.8 Å². The number of carbonyl (C=O) groups excluding carboxylic acids is 3. The molecule has 3 aromatic rings. The summed E-state index contributed by atoms with van der Waals surface area (Å²) in [7, 11) is 3.11. The first-order valence-corrected chi connectivity index (χ1v) is 14.4. The highest BCUT2D eigenvalue weighted by molar-refractivity contribution is 6.06. The number of nitrogens with one attached hydrogen (secondary N) is 2. The Labute approximate surface area is 254 Å². The third-order valence-electron chi connectivity index (χ3n) is 8.76. The Kier molecular flexibility index (Phi) is 7.47. The van der Waals surface area contributed by atoms with E-state index in [1.165, 1.54) is 12.0 Å². The number of rotatable bonds is 8. The zero-order chi connectivity index (χ0) is 31.2. The molecule has 0 bridgehead atoms. The van der Waals surface area contributed by atoms with Gasteiger partial charge in [-0.25, -0.2) is 0 Å². The fourth-order valence-electron chi connectivity index (χ4n) is 6.03. The summed E-state index contributed by atoms with van der Waals surface area (Å²) in [6.45, 7) is 4.29. The van der Waals surface area contributed by atoms with Gasteiger partial charge >= 0.3 is 0 Å². The summed E-state index contributed by atoms with van der Waals surface area (Å²) in [6, 6.07) is 11.8. The number of ether oxygens (including phenoxy) is 4. The summed E-state index contributed by atoms with van der Waals surface area (Å²) in [5, 5.41) is 16.0. The SMILES string of the molecule is COc1cccc(C#N)c1CNC(=O)C1(C)COc2c(oc3cc(C(=O)NC4(C)COC4)ccc23)C(=O)N1C1CC(OC)C1. The lowest BCUT2D eigenvalue weighted by molar-refractivity contribution is -0.138. The second-order valence-corrected chi connectivity index (χ2v) is 12.0. The average molecular weight is 603 g/mol. The maximum Gasteiger partial charge on any atom is 0.294 e. The van der Waals surface area contributed by atoms with Crippen molar-refractivity contribution in [1.82, 2.24) is 15.5 Å². The fraction of sp³-hybridized carbons (Fsp3) is 0.438. The smallest absolute Gasteiger partial charge is 0.294 e. The number of hydrogen-bond donors (Lipinski definition) is 2. The largest absolute Gasteiger partial charge is 0.496 e. The lowest BCUT2D eigenvalue weighted by atomic mass is 9.83. The number of benzene rings is 2. The van der Waals surface area contributed by atoms with Gasteiger partial charge in [0.2, 0.25) is 11.7 Å². The van der Waals surface area contributed by atoms with Gasteiger partial charge in [0.05, 0.1) is 49.0 Å². The van der Waals surface area contributed by atoms with E-state index in [2.05, 4.69) is 16.7 Å². The van der Waals surface area contributed by atoms with Crippen LogP contribution in [0.2, 0.25) is 0 Å². The predicted molar refractivity (Wildman–Crippen MR) is 156 cm³/mol. The van der Waals surface area contributed by atoms with Crippen molar-refractivity contribution in [2.24, 2.45) is 0 Å². The van der Waals surface area contributed by atoms with Gasteiger partial charge in [0.15, 0.2) is 11.3 Å². The van der Waals surface area contributed by atoms with Crippen molar-refractivity contribution in [1.29, 1.82) is 5.26 Å². The summed E-state index contributed by atoms with van der Waals surface area (Å²) in [4.78, 5) is 42.7. The van der Waals surface area contributed by atoms with Crippen LogP contribution >= 0.6 is 0 Å². The molecular formula is C32H34N4O8. The Balaban J connectivity index is 1.31. The fourth-order valence-corrected chi connectivity index (χ4v) is 6.03. The van der Waals surface area contributed by atoms with Crippen molar-refractivity contribution in [2.75, 3.05) is 34.0 Å².